The first-order valence-electron chi connectivity index (χ1n) is 11.7. The van der Waals surface area contributed by atoms with Crippen LogP contribution in [-0.2, 0) is 12.8 Å². The summed E-state index contributed by atoms with van der Waals surface area (Å²) in [6.45, 7) is 3.10. The van der Waals surface area contributed by atoms with Crippen molar-refractivity contribution >= 4 is 34.2 Å². The van der Waals surface area contributed by atoms with Crippen molar-refractivity contribution < 1.29 is 14.3 Å². The molecule has 2 aromatic carbocycles. The Labute approximate surface area is 197 Å². The number of carbonyl (C=O) groups excluding carboxylic acids is 2. The molecule has 1 saturated heterocycles. The van der Waals surface area contributed by atoms with Crippen LogP contribution in [0.25, 0.3) is 10.9 Å². The maximum absolute atomic E-state index is 13.8. The Morgan fingerprint density at radius 3 is 2.76 bits per heavy atom. The van der Waals surface area contributed by atoms with Gasteiger partial charge in [0.15, 0.2) is 5.78 Å². The molecule has 0 bridgehead atoms. The molecule has 6 heteroatoms. The number of aryl methyl sites for hydroxylation is 2. The summed E-state index contributed by atoms with van der Waals surface area (Å²) < 4.78 is 6.39. The van der Waals surface area contributed by atoms with Gasteiger partial charge in [0.2, 0.25) is 0 Å². The molecular formula is C27H25ClN2O3. The van der Waals surface area contributed by atoms with E-state index in [4.69, 9.17) is 21.3 Å². The number of fused-ring (bicyclic) bond motifs is 3. The average Bonchev–Trinajstić information content (AvgIpc) is 3.26. The molecule has 33 heavy (non-hydrogen) atoms. The molecule has 5 nitrogen and oxygen atoms in total. The summed E-state index contributed by atoms with van der Waals surface area (Å²) in [5, 5.41) is 1.44. The van der Waals surface area contributed by atoms with Crippen LogP contribution in [0.15, 0.2) is 36.4 Å². The van der Waals surface area contributed by atoms with Crippen molar-refractivity contribution in [2.45, 2.75) is 51.0 Å². The number of ketones is 1. The molecule has 1 fully saturated rings. The standard InChI is InChI=1S/C27H25ClN2O3/c1-16-5-8-24-20(13-16)23(31)15-27(33-24)9-11-30(12-10-27)26(32)25-18-3-2-4-21(18)29-22-7-6-17(28)14-19(22)25/h5-8,13-14H,2-4,9-12,15H2,1H3. The molecular weight excluding hydrogens is 436 g/mol. The summed E-state index contributed by atoms with van der Waals surface area (Å²) in [7, 11) is 0. The zero-order valence-corrected chi connectivity index (χ0v) is 19.4. The number of piperidine rings is 1. The largest absolute Gasteiger partial charge is 0.486 e. The molecule has 0 saturated carbocycles. The van der Waals surface area contributed by atoms with E-state index in [0.717, 1.165) is 52.5 Å². The predicted molar refractivity (Wildman–Crippen MR) is 127 cm³/mol. The number of hydrogen-bond donors (Lipinski definition) is 0. The predicted octanol–water partition coefficient (Wildman–Crippen LogP) is 5.33. The third-order valence-electron chi connectivity index (χ3n) is 7.39. The number of benzene rings is 2. The van der Waals surface area contributed by atoms with Gasteiger partial charge in [-0.2, -0.15) is 0 Å². The Kier molecular flexibility index (Phi) is 4.73. The van der Waals surface area contributed by atoms with E-state index in [1.54, 1.807) is 0 Å². The lowest BCUT2D eigenvalue weighted by Crippen LogP contribution is -2.52. The van der Waals surface area contributed by atoms with Crippen LogP contribution < -0.4 is 4.74 Å². The van der Waals surface area contributed by atoms with Gasteiger partial charge in [0.25, 0.3) is 5.91 Å². The summed E-state index contributed by atoms with van der Waals surface area (Å²) in [5.41, 5.74) is 4.89. The Balaban J connectivity index is 1.29. The first-order valence-corrected chi connectivity index (χ1v) is 12.0. The minimum atomic E-state index is -0.526. The molecule has 1 spiro atoms. The molecule has 0 radical (unpaired) electrons. The van der Waals surface area contributed by atoms with Crippen LogP contribution in [0.2, 0.25) is 5.02 Å². The van der Waals surface area contributed by atoms with E-state index in [0.29, 0.717) is 48.7 Å². The number of carbonyl (C=O) groups is 2. The number of ether oxygens (including phenoxy) is 1. The van der Waals surface area contributed by atoms with Crippen LogP contribution in [-0.4, -0.2) is 40.3 Å². The van der Waals surface area contributed by atoms with Crippen molar-refractivity contribution in [3.8, 4) is 5.75 Å². The van der Waals surface area contributed by atoms with Gasteiger partial charge in [-0.05, 0) is 62.1 Å². The summed E-state index contributed by atoms with van der Waals surface area (Å²) in [4.78, 5) is 33.4. The Bertz CT molecular complexity index is 1320. The maximum Gasteiger partial charge on any atom is 0.254 e. The second kappa shape index (κ2) is 7.56. The third kappa shape index (κ3) is 3.41. The lowest BCUT2D eigenvalue weighted by molar-refractivity contribution is -0.00569. The Hall–Kier alpha value is -2.92. The molecule has 0 atom stereocenters. The minimum absolute atomic E-state index is 0.0378. The van der Waals surface area contributed by atoms with Gasteiger partial charge in [-0.25, -0.2) is 0 Å². The Morgan fingerprint density at radius 2 is 1.94 bits per heavy atom. The highest BCUT2D eigenvalue weighted by molar-refractivity contribution is 6.31. The zero-order valence-electron chi connectivity index (χ0n) is 18.6. The fourth-order valence-electron chi connectivity index (χ4n) is 5.64. The Morgan fingerprint density at radius 1 is 1.12 bits per heavy atom. The maximum atomic E-state index is 13.8. The monoisotopic (exact) mass is 460 g/mol. The van der Waals surface area contributed by atoms with Gasteiger partial charge in [0.1, 0.15) is 11.4 Å². The van der Waals surface area contributed by atoms with Crippen LogP contribution in [0, 0.1) is 6.92 Å². The first-order chi connectivity index (χ1) is 15.9. The highest BCUT2D eigenvalue weighted by Gasteiger charge is 2.44. The fourth-order valence-corrected chi connectivity index (χ4v) is 5.81. The second-order valence-corrected chi connectivity index (χ2v) is 10.0. The lowest BCUT2D eigenvalue weighted by Gasteiger charge is -2.44. The van der Waals surface area contributed by atoms with E-state index < -0.39 is 5.60 Å². The average molecular weight is 461 g/mol. The molecule has 3 aliphatic rings. The summed E-state index contributed by atoms with van der Waals surface area (Å²) in [6.07, 6.45) is 4.45. The van der Waals surface area contributed by atoms with Gasteiger partial charge >= 0.3 is 0 Å². The van der Waals surface area contributed by atoms with Crippen LogP contribution in [0.1, 0.15) is 63.2 Å². The van der Waals surface area contributed by atoms with Gasteiger partial charge in [-0.3, -0.25) is 14.6 Å². The summed E-state index contributed by atoms with van der Waals surface area (Å²) >= 11 is 6.29. The number of amides is 1. The van der Waals surface area contributed by atoms with Crippen molar-refractivity contribution in [1.82, 2.24) is 9.88 Å². The number of aromatic nitrogens is 1. The third-order valence-corrected chi connectivity index (χ3v) is 7.63. The summed E-state index contributed by atoms with van der Waals surface area (Å²) in [6, 6.07) is 11.4. The van der Waals surface area contributed by atoms with Crippen LogP contribution >= 0.6 is 11.6 Å². The van der Waals surface area contributed by atoms with Gasteiger partial charge in [-0.15, -0.1) is 0 Å². The van der Waals surface area contributed by atoms with Gasteiger partial charge in [0, 0.05) is 42.0 Å². The number of hydrogen-bond acceptors (Lipinski definition) is 4. The highest BCUT2D eigenvalue weighted by Crippen LogP contribution is 2.40. The van der Waals surface area contributed by atoms with E-state index >= 15 is 0 Å². The molecule has 2 aliphatic heterocycles. The summed E-state index contributed by atoms with van der Waals surface area (Å²) in [5.74, 6) is 0.840. The number of Topliss-reactive ketones (excluding diaryl/α,β-unsaturated/α-hetero) is 1. The fraction of sp³-hybridized carbons (Fsp3) is 0.370. The zero-order chi connectivity index (χ0) is 22.7. The molecule has 0 N–H and O–H groups in total. The van der Waals surface area contributed by atoms with Crippen molar-refractivity contribution in [3.63, 3.8) is 0 Å². The minimum Gasteiger partial charge on any atom is -0.486 e. The van der Waals surface area contributed by atoms with Crippen molar-refractivity contribution in [2.75, 3.05) is 13.1 Å². The van der Waals surface area contributed by atoms with Gasteiger partial charge < -0.3 is 9.64 Å². The molecule has 3 aromatic rings. The molecule has 168 valence electrons. The number of pyridine rings is 1. The quantitative estimate of drug-likeness (QED) is 0.492. The smallest absolute Gasteiger partial charge is 0.254 e. The number of rotatable bonds is 1. The molecule has 1 amide bonds. The van der Waals surface area contributed by atoms with Crippen LogP contribution in [0.3, 0.4) is 0 Å². The molecule has 1 aromatic heterocycles. The lowest BCUT2D eigenvalue weighted by atomic mass is 9.82. The van der Waals surface area contributed by atoms with E-state index in [-0.39, 0.29) is 11.7 Å². The van der Waals surface area contributed by atoms with Crippen LogP contribution in [0.5, 0.6) is 5.75 Å². The van der Waals surface area contributed by atoms with Crippen molar-refractivity contribution in [1.29, 1.82) is 0 Å². The number of nitrogens with zero attached hydrogens (tertiary/aromatic N) is 2. The molecule has 3 heterocycles. The first kappa shape index (κ1) is 20.7. The normalized spacial score (nSPS) is 18.8. The number of likely N-dealkylation sites (tertiary alicyclic amines) is 1. The van der Waals surface area contributed by atoms with E-state index in [1.165, 1.54) is 0 Å². The number of halogens is 1. The topological polar surface area (TPSA) is 59.5 Å². The molecule has 6 rings (SSSR count). The van der Waals surface area contributed by atoms with Gasteiger partial charge in [0.05, 0.1) is 23.1 Å². The highest BCUT2D eigenvalue weighted by atomic mass is 35.5. The van der Waals surface area contributed by atoms with Gasteiger partial charge in [-0.1, -0.05) is 23.2 Å². The van der Waals surface area contributed by atoms with Crippen molar-refractivity contribution in [3.05, 3.63) is 69.4 Å². The van der Waals surface area contributed by atoms with E-state index in [9.17, 15) is 9.59 Å². The second-order valence-electron chi connectivity index (χ2n) is 9.60. The van der Waals surface area contributed by atoms with E-state index in [1.807, 2.05) is 48.2 Å². The van der Waals surface area contributed by atoms with Crippen LogP contribution in [0.4, 0.5) is 0 Å². The molecule has 1 aliphatic carbocycles. The van der Waals surface area contributed by atoms with E-state index in [2.05, 4.69) is 0 Å². The van der Waals surface area contributed by atoms with Crippen molar-refractivity contribution in [2.24, 2.45) is 0 Å². The molecule has 0 unspecified atom stereocenters. The SMILES string of the molecule is Cc1ccc2c(c1)C(=O)CC1(CCN(C(=O)c3c4c(nc5ccc(Cl)cc35)CCC4)CC1)O2.